The first-order valence-corrected chi connectivity index (χ1v) is 8.72. The Bertz CT molecular complexity index is 791. The fourth-order valence-corrected chi connectivity index (χ4v) is 3.97. The minimum Gasteiger partial charge on any atom is -0.294 e. The van der Waals surface area contributed by atoms with Gasteiger partial charge in [-0.25, -0.2) is 4.98 Å². The van der Waals surface area contributed by atoms with Crippen molar-refractivity contribution in [3.63, 3.8) is 0 Å². The van der Waals surface area contributed by atoms with Gasteiger partial charge in [0, 0.05) is 21.2 Å². The van der Waals surface area contributed by atoms with Crippen molar-refractivity contribution in [2.45, 2.75) is 13.3 Å². The van der Waals surface area contributed by atoms with Crippen LogP contribution < -0.4 is 0 Å². The van der Waals surface area contributed by atoms with Gasteiger partial charge in [0.05, 0.1) is 16.7 Å². The molecule has 1 heterocycles. The van der Waals surface area contributed by atoms with Gasteiger partial charge in [-0.1, -0.05) is 12.1 Å². The number of halogens is 3. The highest BCUT2D eigenvalue weighted by atomic mass is 79.9. The molecule has 0 atom stereocenters. The van der Waals surface area contributed by atoms with Crippen LogP contribution in [0.3, 0.4) is 0 Å². The number of hydrogen-bond donors (Lipinski definition) is 0. The minimum atomic E-state index is 0.546. The summed E-state index contributed by atoms with van der Waals surface area (Å²) < 4.78 is 4.21. The van der Waals surface area contributed by atoms with E-state index in [1.165, 1.54) is 5.56 Å². The number of imidazole rings is 1. The molecule has 0 bridgehead atoms. The molecule has 2 nitrogen and oxygen atoms in total. The number of benzene rings is 2. The van der Waals surface area contributed by atoms with Crippen LogP contribution >= 0.6 is 43.5 Å². The highest BCUT2D eigenvalue weighted by Gasteiger charge is 2.16. The van der Waals surface area contributed by atoms with E-state index < -0.39 is 0 Å². The molecule has 0 aliphatic carbocycles. The average Bonchev–Trinajstić information content (AvgIpc) is 2.77. The van der Waals surface area contributed by atoms with Crippen LogP contribution in [0.1, 0.15) is 11.4 Å². The van der Waals surface area contributed by atoms with E-state index in [0.29, 0.717) is 5.88 Å². The maximum absolute atomic E-state index is 5.96. The highest BCUT2D eigenvalue weighted by molar-refractivity contribution is 9.11. The summed E-state index contributed by atoms with van der Waals surface area (Å²) >= 11 is 13.2. The van der Waals surface area contributed by atoms with Crippen molar-refractivity contribution >= 4 is 54.5 Å². The summed E-state index contributed by atoms with van der Waals surface area (Å²) in [6.45, 7) is 2.08. The largest absolute Gasteiger partial charge is 0.294 e. The van der Waals surface area contributed by atoms with Gasteiger partial charge in [-0.15, -0.1) is 11.6 Å². The third-order valence-corrected chi connectivity index (χ3v) is 4.83. The zero-order chi connectivity index (χ0) is 15.0. The van der Waals surface area contributed by atoms with Gasteiger partial charge in [0.15, 0.2) is 0 Å². The predicted octanol–water partition coefficient (Wildman–Crippen LogP) is 5.64. The molecule has 0 fully saturated rings. The first kappa shape index (κ1) is 15.1. The van der Waals surface area contributed by atoms with Crippen LogP contribution in [0, 0.1) is 6.92 Å². The smallest absolute Gasteiger partial charge is 0.115 e. The monoisotopic (exact) mass is 426 g/mol. The first-order chi connectivity index (χ1) is 10.1. The number of aryl methyl sites for hydroxylation is 2. The van der Waals surface area contributed by atoms with E-state index in [4.69, 9.17) is 16.6 Å². The quantitative estimate of drug-likeness (QED) is 0.494. The van der Waals surface area contributed by atoms with Gasteiger partial charge in [-0.2, -0.15) is 0 Å². The van der Waals surface area contributed by atoms with Crippen LogP contribution in [0.4, 0.5) is 0 Å². The molecule has 0 N–H and O–H groups in total. The molecule has 1 aromatic heterocycles. The van der Waals surface area contributed by atoms with Gasteiger partial charge in [0.25, 0.3) is 0 Å². The highest BCUT2D eigenvalue weighted by Crippen LogP contribution is 2.33. The van der Waals surface area contributed by atoms with Gasteiger partial charge in [0.1, 0.15) is 5.82 Å². The molecule has 0 spiro atoms. The van der Waals surface area contributed by atoms with Crippen molar-refractivity contribution in [2.75, 3.05) is 5.88 Å². The molecular formula is C16H13Br2ClN2. The van der Waals surface area contributed by atoms with Gasteiger partial charge in [-0.05, 0) is 68.6 Å². The molecule has 0 aliphatic rings. The van der Waals surface area contributed by atoms with Gasteiger partial charge >= 0.3 is 0 Å². The zero-order valence-electron chi connectivity index (χ0n) is 11.4. The van der Waals surface area contributed by atoms with Crippen molar-refractivity contribution in [3.8, 4) is 5.69 Å². The third kappa shape index (κ3) is 2.77. The maximum Gasteiger partial charge on any atom is 0.115 e. The van der Waals surface area contributed by atoms with E-state index in [2.05, 4.69) is 61.5 Å². The van der Waals surface area contributed by atoms with Crippen molar-refractivity contribution < 1.29 is 0 Å². The Labute approximate surface area is 145 Å². The molecular weight excluding hydrogens is 415 g/mol. The minimum absolute atomic E-state index is 0.546. The van der Waals surface area contributed by atoms with Gasteiger partial charge in [0.2, 0.25) is 0 Å². The summed E-state index contributed by atoms with van der Waals surface area (Å²) in [6, 6.07) is 12.4. The first-order valence-electron chi connectivity index (χ1n) is 6.60. The number of alkyl halides is 1. The second-order valence-corrected chi connectivity index (χ2v) is 6.95. The summed E-state index contributed by atoms with van der Waals surface area (Å²) in [5.74, 6) is 1.52. The molecule has 3 rings (SSSR count). The van der Waals surface area contributed by atoms with Gasteiger partial charge in [-0.3, -0.25) is 4.57 Å². The number of para-hydroxylation sites is 1. The van der Waals surface area contributed by atoms with Crippen LogP contribution in [0.25, 0.3) is 16.7 Å². The molecule has 0 aliphatic heterocycles. The summed E-state index contributed by atoms with van der Waals surface area (Å²) in [4.78, 5) is 4.76. The van der Waals surface area contributed by atoms with E-state index in [1.807, 2.05) is 18.2 Å². The second kappa shape index (κ2) is 6.11. The van der Waals surface area contributed by atoms with E-state index in [-0.39, 0.29) is 0 Å². The lowest BCUT2D eigenvalue weighted by molar-refractivity contribution is 0.906. The van der Waals surface area contributed by atoms with Gasteiger partial charge < -0.3 is 0 Å². The molecule has 3 aromatic rings. The summed E-state index contributed by atoms with van der Waals surface area (Å²) in [6.07, 6.45) is 0.725. The van der Waals surface area contributed by atoms with Crippen LogP contribution in [-0.4, -0.2) is 15.4 Å². The van der Waals surface area contributed by atoms with Crippen molar-refractivity contribution in [1.82, 2.24) is 9.55 Å². The lowest BCUT2D eigenvalue weighted by Gasteiger charge is -2.13. The maximum atomic E-state index is 5.96. The lowest BCUT2D eigenvalue weighted by atomic mass is 10.2. The fourth-order valence-electron chi connectivity index (χ4n) is 2.44. The number of hydrogen-bond acceptors (Lipinski definition) is 1. The Morgan fingerprint density at radius 2 is 1.86 bits per heavy atom. The molecule has 2 aromatic carbocycles. The normalized spacial score (nSPS) is 11.2. The molecule has 108 valence electrons. The molecule has 21 heavy (non-hydrogen) atoms. The fraction of sp³-hybridized carbons (Fsp3) is 0.188. The molecule has 0 saturated heterocycles. The lowest BCUT2D eigenvalue weighted by Crippen LogP contribution is -2.04. The topological polar surface area (TPSA) is 17.8 Å². The Morgan fingerprint density at radius 1 is 1.14 bits per heavy atom. The standard InChI is InChI=1S/C16H13Br2ClN2/c1-10-5-6-14-13(9-10)20-15(7-8-19)21(14)16-11(17)3-2-4-12(16)18/h2-6,9H,7-8H2,1H3. The Morgan fingerprint density at radius 3 is 2.52 bits per heavy atom. The Balaban J connectivity index is 2.36. The summed E-state index contributed by atoms with van der Waals surface area (Å²) in [5, 5.41) is 0. The van der Waals surface area contributed by atoms with Crippen LogP contribution in [0.2, 0.25) is 0 Å². The zero-order valence-corrected chi connectivity index (χ0v) is 15.3. The number of fused-ring (bicyclic) bond motifs is 1. The summed E-state index contributed by atoms with van der Waals surface area (Å²) in [7, 11) is 0. The molecule has 0 radical (unpaired) electrons. The van der Waals surface area contributed by atoms with E-state index in [1.54, 1.807) is 0 Å². The molecule has 0 unspecified atom stereocenters. The SMILES string of the molecule is Cc1ccc2c(c1)nc(CCCl)n2-c1c(Br)cccc1Br. The second-order valence-electron chi connectivity index (χ2n) is 4.86. The van der Waals surface area contributed by atoms with E-state index >= 15 is 0 Å². The number of rotatable bonds is 3. The summed E-state index contributed by atoms with van der Waals surface area (Å²) in [5.41, 5.74) is 4.35. The van der Waals surface area contributed by atoms with Crippen molar-refractivity contribution in [3.05, 3.63) is 56.7 Å². The predicted molar refractivity (Wildman–Crippen MR) is 95.6 cm³/mol. The van der Waals surface area contributed by atoms with Crippen LogP contribution in [0.5, 0.6) is 0 Å². The van der Waals surface area contributed by atoms with Crippen molar-refractivity contribution in [2.24, 2.45) is 0 Å². The number of aromatic nitrogens is 2. The third-order valence-electron chi connectivity index (χ3n) is 3.36. The molecule has 0 amide bonds. The Kier molecular flexibility index (Phi) is 4.38. The average molecular weight is 429 g/mol. The molecule has 0 saturated carbocycles. The van der Waals surface area contributed by atoms with Crippen LogP contribution in [0.15, 0.2) is 45.3 Å². The van der Waals surface area contributed by atoms with E-state index in [0.717, 1.165) is 37.9 Å². The molecule has 5 heteroatoms. The Hall–Kier alpha value is -0.840. The van der Waals surface area contributed by atoms with Crippen LogP contribution in [-0.2, 0) is 6.42 Å². The van der Waals surface area contributed by atoms with Crippen molar-refractivity contribution in [1.29, 1.82) is 0 Å². The van der Waals surface area contributed by atoms with E-state index in [9.17, 15) is 0 Å². The number of nitrogens with zero attached hydrogens (tertiary/aromatic N) is 2.